The molecule has 1 N–H and O–H groups in total. The number of hydrogen-bond donors (Lipinski definition) is 1. The van der Waals surface area contributed by atoms with Crippen molar-refractivity contribution >= 4 is 21.7 Å². The number of benzene rings is 1. The number of rotatable bonds is 4. The third-order valence-electron chi connectivity index (χ3n) is 5.91. The van der Waals surface area contributed by atoms with Gasteiger partial charge in [-0.15, -0.1) is 0 Å². The molecule has 1 aromatic rings. The second kappa shape index (κ2) is 8.52. The molecule has 0 bridgehead atoms. The summed E-state index contributed by atoms with van der Waals surface area (Å²) in [4.78, 5) is 26.1. The summed E-state index contributed by atoms with van der Waals surface area (Å²) in [6.45, 7) is 4.19. The lowest BCUT2D eigenvalue weighted by molar-refractivity contribution is -0.134. The molecule has 2 fully saturated rings. The van der Waals surface area contributed by atoms with Gasteiger partial charge in [0.15, 0.2) is 11.5 Å². The molecular formula is C20H27N3O6S. The van der Waals surface area contributed by atoms with Crippen LogP contribution in [-0.4, -0.2) is 81.3 Å². The highest BCUT2D eigenvalue weighted by molar-refractivity contribution is 7.89. The van der Waals surface area contributed by atoms with Crippen LogP contribution < -0.4 is 14.8 Å². The summed E-state index contributed by atoms with van der Waals surface area (Å²) in [7, 11) is -3.70. The van der Waals surface area contributed by atoms with E-state index in [4.69, 9.17) is 9.47 Å². The van der Waals surface area contributed by atoms with Gasteiger partial charge < -0.3 is 19.7 Å². The van der Waals surface area contributed by atoms with E-state index in [1.54, 1.807) is 17.9 Å². The molecule has 3 aliphatic heterocycles. The van der Waals surface area contributed by atoms with Gasteiger partial charge in [-0.05, 0) is 25.5 Å². The first kappa shape index (κ1) is 21.1. The Labute approximate surface area is 176 Å². The highest BCUT2D eigenvalue weighted by Gasteiger charge is 2.37. The number of carbonyl (C=O) groups is 2. The van der Waals surface area contributed by atoms with Crippen LogP contribution in [0.5, 0.6) is 11.5 Å². The number of piperazine rings is 1. The fourth-order valence-corrected chi connectivity index (χ4v) is 5.49. The normalized spacial score (nSPS) is 25.0. The van der Waals surface area contributed by atoms with Crippen molar-refractivity contribution in [2.24, 2.45) is 5.92 Å². The average molecular weight is 438 g/mol. The standard InChI is InChI=1S/C20H27N3O6S/c1-14(24)15-11-17(21-13-15)20(25)22-5-7-23(8-6-22)30(26,27)16-3-4-18-19(12-16)29-10-2-9-28-18/h3-4,12,15,17,21H,2,5-11,13H2,1H3. The van der Waals surface area contributed by atoms with Crippen molar-refractivity contribution in [1.82, 2.24) is 14.5 Å². The van der Waals surface area contributed by atoms with Crippen molar-refractivity contribution in [2.45, 2.75) is 30.7 Å². The van der Waals surface area contributed by atoms with Crippen molar-refractivity contribution in [2.75, 3.05) is 45.9 Å². The van der Waals surface area contributed by atoms with E-state index in [9.17, 15) is 18.0 Å². The van der Waals surface area contributed by atoms with Crippen molar-refractivity contribution in [3.63, 3.8) is 0 Å². The zero-order valence-corrected chi connectivity index (χ0v) is 17.8. The third-order valence-corrected chi connectivity index (χ3v) is 7.81. The molecule has 2 unspecified atom stereocenters. The van der Waals surface area contributed by atoms with Crippen LogP contribution in [0.25, 0.3) is 0 Å². The number of ether oxygens (including phenoxy) is 2. The lowest BCUT2D eigenvalue weighted by Crippen LogP contribution is -2.54. The predicted octanol–water partition coefficient (Wildman–Crippen LogP) is 0.248. The van der Waals surface area contributed by atoms with Gasteiger partial charge >= 0.3 is 0 Å². The second-order valence-electron chi connectivity index (χ2n) is 7.89. The molecule has 1 amide bonds. The van der Waals surface area contributed by atoms with E-state index in [-0.39, 0.29) is 41.6 Å². The quantitative estimate of drug-likeness (QED) is 0.720. The van der Waals surface area contributed by atoms with E-state index in [0.717, 1.165) is 6.42 Å². The fraction of sp³-hybridized carbons (Fsp3) is 0.600. The van der Waals surface area contributed by atoms with E-state index >= 15 is 0 Å². The highest BCUT2D eigenvalue weighted by Crippen LogP contribution is 2.33. The van der Waals surface area contributed by atoms with Gasteiger partial charge in [0.2, 0.25) is 15.9 Å². The summed E-state index contributed by atoms with van der Waals surface area (Å²) in [5.41, 5.74) is 0. The maximum Gasteiger partial charge on any atom is 0.243 e. The fourth-order valence-electron chi connectivity index (χ4n) is 4.06. The van der Waals surface area contributed by atoms with Gasteiger partial charge in [-0.25, -0.2) is 8.42 Å². The van der Waals surface area contributed by atoms with Gasteiger partial charge in [-0.1, -0.05) is 0 Å². The first-order valence-corrected chi connectivity index (χ1v) is 11.7. The van der Waals surface area contributed by atoms with Crippen molar-refractivity contribution in [1.29, 1.82) is 0 Å². The Morgan fingerprint density at radius 3 is 2.43 bits per heavy atom. The molecule has 1 aromatic carbocycles. The van der Waals surface area contributed by atoms with E-state index in [1.165, 1.54) is 16.4 Å². The predicted molar refractivity (Wildman–Crippen MR) is 108 cm³/mol. The Kier molecular flexibility index (Phi) is 5.99. The average Bonchev–Trinajstić information content (AvgIpc) is 3.13. The summed E-state index contributed by atoms with van der Waals surface area (Å²) in [5, 5.41) is 3.12. The van der Waals surface area contributed by atoms with Gasteiger partial charge in [0.25, 0.3) is 0 Å². The number of ketones is 1. The van der Waals surface area contributed by atoms with Crippen LogP contribution in [0.3, 0.4) is 0 Å². The van der Waals surface area contributed by atoms with Gasteiger partial charge in [-0.3, -0.25) is 9.59 Å². The first-order valence-electron chi connectivity index (χ1n) is 10.3. The molecule has 30 heavy (non-hydrogen) atoms. The molecule has 164 valence electrons. The van der Waals surface area contributed by atoms with Gasteiger partial charge in [-0.2, -0.15) is 4.31 Å². The van der Waals surface area contributed by atoms with Gasteiger partial charge in [0.05, 0.1) is 24.2 Å². The van der Waals surface area contributed by atoms with Crippen LogP contribution in [0.1, 0.15) is 19.8 Å². The van der Waals surface area contributed by atoms with Crippen LogP contribution in [-0.2, 0) is 19.6 Å². The number of carbonyl (C=O) groups excluding carboxylic acids is 2. The van der Waals surface area contributed by atoms with Gasteiger partial charge in [0, 0.05) is 51.1 Å². The Morgan fingerprint density at radius 1 is 1.07 bits per heavy atom. The number of nitrogens with one attached hydrogen (secondary N) is 1. The minimum atomic E-state index is -3.70. The lowest BCUT2D eigenvalue weighted by Gasteiger charge is -2.35. The molecule has 3 aliphatic rings. The molecule has 9 nitrogen and oxygen atoms in total. The molecule has 0 radical (unpaired) electrons. The third kappa shape index (κ3) is 4.17. The molecule has 2 saturated heterocycles. The minimum absolute atomic E-state index is 0.0635. The number of hydrogen-bond acceptors (Lipinski definition) is 7. The number of nitrogens with zero attached hydrogens (tertiary/aromatic N) is 2. The van der Waals surface area contributed by atoms with Crippen LogP contribution in [0, 0.1) is 5.92 Å². The Hall–Kier alpha value is -2.17. The highest BCUT2D eigenvalue weighted by atomic mass is 32.2. The summed E-state index contributed by atoms with van der Waals surface area (Å²) in [6.07, 6.45) is 1.25. The summed E-state index contributed by atoms with van der Waals surface area (Å²) in [6, 6.07) is 4.30. The van der Waals surface area contributed by atoms with Gasteiger partial charge in [0.1, 0.15) is 5.78 Å². The smallest absolute Gasteiger partial charge is 0.243 e. The molecule has 10 heteroatoms. The molecule has 0 spiro atoms. The van der Waals surface area contributed by atoms with Crippen LogP contribution >= 0.6 is 0 Å². The van der Waals surface area contributed by atoms with Crippen LogP contribution in [0.2, 0.25) is 0 Å². The second-order valence-corrected chi connectivity index (χ2v) is 9.83. The summed E-state index contributed by atoms with van der Waals surface area (Å²) in [5.74, 6) is 0.889. The van der Waals surface area contributed by atoms with Crippen molar-refractivity contribution < 1.29 is 27.5 Å². The molecular weight excluding hydrogens is 410 g/mol. The lowest BCUT2D eigenvalue weighted by atomic mass is 10.0. The topological polar surface area (TPSA) is 105 Å². The molecule has 4 rings (SSSR count). The van der Waals surface area contributed by atoms with Crippen molar-refractivity contribution in [3.05, 3.63) is 18.2 Å². The Bertz CT molecular complexity index is 926. The summed E-state index contributed by atoms with van der Waals surface area (Å²) < 4.78 is 38.8. The SMILES string of the molecule is CC(=O)C1CNC(C(=O)N2CCN(S(=O)(=O)c3ccc4c(c3)OCCCO4)CC2)C1. The zero-order valence-electron chi connectivity index (χ0n) is 17.0. The van der Waals surface area contributed by atoms with E-state index in [1.807, 2.05) is 0 Å². The molecule has 0 saturated carbocycles. The number of sulfonamides is 1. The number of fused-ring (bicyclic) bond motifs is 1. The molecule has 2 atom stereocenters. The van der Waals surface area contributed by atoms with Crippen molar-refractivity contribution in [3.8, 4) is 11.5 Å². The summed E-state index contributed by atoms with van der Waals surface area (Å²) >= 11 is 0. The minimum Gasteiger partial charge on any atom is -0.490 e. The maximum atomic E-state index is 13.1. The Balaban J connectivity index is 1.39. The molecule has 0 aromatic heterocycles. The number of Topliss-reactive ketones (excluding diaryl/α,β-unsaturated/α-hetero) is 1. The Morgan fingerprint density at radius 2 is 1.77 bits per heavy atom. The molecule has 0 aliphatic carbocycles. The van der Waals surface area contributed by atoms with E-state index in [0.29, 0.717) is 50.8 Å². The zero-order chi connectivity index (χ0) is 21.3. The van der Waals surface area contributed by atoms with Crippen LogP contribution in [0.15, 0.2) is 23.1 Å². The number of amides is 1. The van der Waals surface area contributed by atoms with E-state index < -0.39 is 10.0 Å². The monoisotopic (exact) mass is 437 g/mol. The van der Waals surface area contributed by atoms with E-state index in [2.05, 4.69) is 5.32 Å². The largest absolute Gasteiger partial charge is 0.490 e. The van der Waals surface area contributed by atoms with Crippen LogP contribution in [0.4, 0.5) is 0 Å². The molecule has 3 heterocycles. The first-order chi connectivity index (χ1) is 14.4. The maximum absolute atomic E-state index is 13.1.